The third kappa shape index (κ3) is 4.89. The van der Waals surface area contributed by atoms with Crippen molar-refractivity contribution < 1.29 is 19.2 Å². The number of carbonyl (C=O) groups excluding carboxylic acids is 1. The maximum absolute atomic E-state index is 13.6. The fraction of sp³-hybridized carbons (Fsp3) is 0.192. The van der Waals surface area contributed by atoms with Crippen molar-refractivity contribution in [2.45, 2.75) is 19.9 Å². The minimum atomic E-state index is -0.756. The summed E-state index contributed by atoms with van der Waals surface area (Å²) in [6.07, 6.45) is 3.12. The molecule has 9 nitrogen and oxygen atoms in total. The maximum Gasteiger partial charge on any atom is 0.338 e. The van der Waals surface area contributed by atoms with E-state index in [0.717, 1.165) is 0 Å². The molecular formula is C26H23N3O6S. The van der Waals surface area contributed by atoms with Crippen LogP contribution < -0.4 is 19.6 Å². The number of benzene rings is 2. The van der Waals surface area contributed by atoms with E-state index in [-0.39, 0.29) is 23.4 Å². The molecule has 2 aromatic carbocycles. The lowest BCUT2D eigenvalue weighted by atomic mass is 9.96. The first kappa shape index (κ1) is 24.8. The van der Waals surface area contributed by atoms with Gasteiger partial charge in [0.05, 0.1) is 33.4 Å². The predicted molar refractivity (Wildman–Crippen MR) is 136 cm³/mol. The number of ether oxygens (including phenoxy) is 2. The summed E-state index contributed by atoms with van der Waals surface area (Å²) in [6.45, 7) is 7.71. The average molecular weight is 506 g/mol. The SMILES string of the molecule is C=CCOC(=O)C1=C(C)N=c2sc(=Cc3ccc([N+](=O)[O-])cc3)c(=O)n2C1c1ccc(OCC)cc1. The Bertz CT molecular complexity index is 1530. The molecule has 0 spiro atoms. The van der Waals surface area contributed by atoms with Crippen LogP contribution in [0.1, 0.15) is 31.0 Å². The molecule has 0 aliphatic carbocycles. The van der Waals surface area contributed by atoms with Gasteiger partial charge in [-0.05, 0) is 55.3 Å². The Morgan fingerprint density at radius 2 is 1.92 bits per heavy atom. The summed E-state index contributed by atoms with van der Waals surface area (Å²) in [7, 11) is 0. The molecule has 4 rings (SSSR count). The van der Waals surface area contributed by atoms with Crippen LogP contribution in [0.15, 0.2) is 82.2 Å². The molecule has 36 heavy (non-hydrogen) atoms. The van der Waals surface area contributed by atoms with Crippen molar-refractivity contribution >= 4 is 29.1 Å². The first-order valence-corrected chi connectivity index (χ1v) is 11.9. The largest absolute Gasteiger partial charge is 0.494 e. The number of carbonyl (C=O) groups is 1. The zero-order chi connectivity index (χ0) is 25.8. The molecule has 0 saturated heterocycles. The summed E-state index contributed by atoms with van der Waals surface area (Å²) in [6, 6.07) is 12.3. The number of esters is 1. The first-order chi connectivity index (χ1) is 17.3. The van der Waals surface area contributed by atoms with Gasteiger partial charge in [-0.15, -0.1) is 0 Å². The Kier molecular flexibility index (Phi) is 7.25. The van der Waals surface area contributed by atoms with Gasteiger partial charge in [0.25, 0.3) is 11.2 Å². The van der Waals surface area contributed by atoms with Gasteiger partial charge in [-0.3, -0.25) is 19.5 Å². The van der Waals surface area contributed by atoms with E-state index in [9.17, 15) is 19.7 Å². The second kappa shape index (κ2) is 10.5. The zero-order valence-corrected chi connectivity index (χ0v) is 20.5. The summed E-state index contributed by atoms with van der Waals surface area (Å²) in [4.78, 5) is 42.1. The molecule has 1 aliphatic heterocycles. The lowest BCUT2D eigenvalue weighted by Gasteiger charge is -2.24. The van der Waals surface area contributed by atoms with Crippen molar-refractivity contribution in [3.05, 3.63) is 113 Å². The van der Waals surface area contributed by atoms with E-state index in [1.54, 1.807) is 37.3 Å². The highest BCUT2D eigenvalue weighted by molar-refractivity contribution is 7.07. The van der Waals surface area contributed by atoms with Crippen LogP contribution in [0.3, 0.4) is 0 Å². The Morgan fingerprint density at radius 1 is 1.22 bits per heavy atom. The molecule has 1 atom stereocenters. The van der Waals surface area contributed by atoms with Gasteiger partial charge < -0.3 is 9.47 Å². The maximum atomic E-state index is 13.6. The van der Waals surface area contributed by atoms with Crippen LogP contribution in [0.25, 0.3) is 6.08 Å². The quantitative estimate of drug-likeness (QED) is 0.201. The number of rotatable bonds is 8. The molecule has 3 aromatic rings. The van der Waals surface area contributed by atoms with E-state index < -0.39 is 16.9 Å². The summed E-state index contributed by atoms with van der Waals surface area (Å²) in [5.74, 6) is 0.0861. The molecule has 1 aliphatic rings. The fourth-order valence-corrected chi connectivity index (χ4v) is 4.91. The molecule has 10 heteroatoms. The molecule has 0 bridgehead atoms. The monoisotopic (exact) mass is 505 g/mol. The van der Waals surface area contributed by atoms with E-state index in [0.29, 0.717) is 38.5 Å². The average Bonchev–Trinajstić information content (AvgIpc) is 3.17. The van der Waals surface area contributed by atoms with E-state index in [1.807, 2.05) is 19.1 Å². The van der Waals surface area contributed by atoms with Crippen LogP contribution >= 0.6 is 11.3 Å². The fourth-order valence-electron chi connectivity index (χ4n) is 3.87. The second-order valence-electron chi connectivity index (χ2n) is 7.82. The standard InChI is InChI=1S/C26H23N3O6S/c1-4-14-35-25(31)22-16(3)27-26-28(23(22)18-8-12-20(13-9-18)34-5-2)24(30)21(36-26)15-17-6-10-19(11-7-17)29(32)33/h4,6-13,15,23H,1,5,14H2,2-3H3. The van der Waals surface area contributed by atoms with E-state index >= 15 is 0 Å². The third-order valence-electron chi connectivity index (χ3n) is 5.48. The van der Waals surface area contributed by atoms with E-state index in [1.165, 1.54) is 34.1 Å². The lowest BCUT2D eigenvalue weighted by molar-refractivity contribution is -0.384. The lowest BCUT2D eigenvalue weighted by Crippen LogP contribution is -2.39. The minimum Gasteiger partial charge on any atom is -0.494 e. The van der Waals surface area contributed by atoms with Gasteiger partial charge in [-0.1, -0.05) is 36.1 Å². The van der Waals surface area contributed by atoms with Gasteiger partial charge in [0.2, 0.25) is 0 Å². The predicted octanol–water partition coefficient (Wildman–Crippen LogP) is 3.27. The third-order valence-corrected chi connectivity index (χ3v) is 6.47. The van der Waals surface area contributed by atoms with Crippen LogP contribution in [0.4, 0.5) is 5.69 Å². The van der Waals surface area contributed by atoms with Crippen LogP contribution in [-0.2, 0) is 9.53 Å². The van der Waals surface area contributed by atoms with Crippen molar-refractivity contribution in [2.24, 2.45) is 4.99 Å². The number of hydrogen-bond donors (Lipinski definition) is 0. The van der Waals surface area contributed by atoms with Crippen molar-refractivity contribution in [1.82, 2.24) is 4.57 Å². The minimum absolute atomic E-state index is 0.0240. The summed E-state index contributed by atoms with van der Waals surface area (Å²) < 4.78 is 12.7. The highest BCUT2D eigenvalue weighted by Crippen LogP contribution is 2.31. The smallest absolute Gasteiger partial charge is 0.338 e. The van der Waals surface area contributed by atoms with Crippen molar-refractivity contribution in [1.29, 1.82) is 0 Å². The van der Waals surface area contributed by atoms with Gasteiger partial charge in [0.1, 0.15) is 12.4 Å². The van der Waals surface area contributed by atoms with Crippen molar-refractivity contribution in [3.63, 3.8) is 0 Å². The number of aromatic nitrogens is 1. The van der Waals surface area contributed by atoms with Gasteiger partial charge in [0, 0.05) is 12.1 Å². The highest BCUT2D eigenvalue weighted by atomic mass is 32.1. The summed E-state index contributed by atoms with van der Waals surface area (Å²) in [5, 5.41) is 10.9. The summed E-state index contributed by atoms with van der Waals surface area (Å²) in [5.41, 5.74) is 1.66. The zero-order valence-electron chi connectivity index (χ0n) is 19.7. The number of non-ortho nitro benzene ring substituents is 1. The van der Waals surface area contributed by atoms with Gasteiger partial charge in [0.15, 0.2) is 4.80 Å². The molecule has 1 aromatic heterocycles. The molecule has 184 valence electrons. The van der Waals surface area contributed by atoms with Gasteiger partial charge in [-0.25, -0.2) is 9.79 Å². The number of nitrogens with zero attached hydrogens (tertiary/aromatic N) is 3. The van der Waals surface area contributed by atoms with E-state index in [4.69, 9.17) is 9.47 Å². The number of fused-ring (bicyclic) bond motifs is 1. The second-order valence-corrected chi connectivity index (χ2v) is 8.83. The summed E-state index contributed by atoms with van der Waals surface area (Å²) >= 11 is 1.18. The molecule has 2 heterocycles. The number of hydrogen-bond acceptors (Lipinski definition) is 8. The highest BCUT2D eigenvalue weighted by Gasteiger charge is 2.33. The Morgan fingerprint density at radius 3 is 2.53 bits per heavy atom. The van der Waals surface area contributed by atoms with Crippen LogP contribution in [-0.4, -0.2) is 28.7 Å². The number of thiazole rings is 1. The van der Waals surface area contributed by atoms with E-state index in [2.05, 4.69) is 11.6 Å². The molecule has 0 fully saturated rings. The van der Waals surface area contributed by atoms with Crippen LogP contribution in [0, 0.1) is 10.1 Å². The number of allylic oxidation sites excluding steroid dienone is 1. The number of nitro benzene ring substituents is 1. The topological polar surface area (TPSA) is 113 Å². The van der Waals surface area contributed by atoms with Gasteiger partial charge >= 0.3 is 5.97 Å². The normalized spacial score (nSPS) is 15.2. The number of nitro groups is 1. The van der Waals surface area contributed by atoms with Crippen LogP contribution in [0.2, 0.25) is 0 Å². The van der Waals surface area contributed by atoms with Gasteiger partial charge in [-0.2, -0.15) is 0 Å². The Labute approximate surface area is 210 Å². The van der Waals surface area contributed by atoms with Crippen molar-refractivity contribution in [2.75, 3.05) is 13.2 Å². The molecule has 0 amide bonds. The van der Waals surface area contributed by atoms with Crippen molar-refractivity contribution in [3.8, 4) is 5.75 Å². The molecular weight excluding hydrogens is 482 g/mol. The molecule has 0 saturated carbocycles. The molecule has 0 N–H and O–H groups in total. The van der Waals surface area contributed by atoms with Crippen LogP contribution in [0.5, 0.6) is 5.75 Å². The molecule has 1 unspecified atom stereocenters. The molecule has 0 radical (unpaired) electrons. The first-order valence-electron chi connectivity index (χ1n) is 11.1. The Hall–Kier alpha value is -4.31. The Balaban J connectivity index is 1.87.